The summed E-state index contributed by atoms with van der Waals surface area (Å²) in [4.78, 5) is 35.3. The SMILES string of the molecule is O=C(Cc1c[nH]c2ccccc12)N1CCN(c2nc3ccc([N+](=O)[O-])cc3s2)CC1. The topological polar surface area (TPSA) is 95.4 Å². The van der Waals surface area contributed by atoms with Crippen LogP contribution in [0.25, 0.3) is 21.1 Å². The van der Waals surface area contributed by atoms with Crippen LogP contribution >= 0.6 is 11.3 Å². The molecule has 4 aromatic rings. The van der Waals surface area contributed by atoms with Gasteiger partial charge in [-0.2, -0.15) is 0 Å². The van der Waals surface area contributed by atoms with Crippen LogP contribution in [0.15, 0.2) is 48.7 Å². The van der Waals surface area contributed by atoms with Gasteiger partial charge in [0.25, 0.3) is 5.69 Å². The molecule has 0 unspecified atom stereocenters. The molecule has 3 heterocycles. The molecule has 1 N–H and O–H groups in total. The summed E-state index contributed by atoms with van der Waals surface area (Å²) >= 11 is 1.45. The maximum atomic E-state index is 12.8. The van der Waals surface area contributed by atoms with Gasteiger partial charge in [-0.25, -0.2) is 4.98 Å². The monoisotopic (exact) mass is 421 g/mol. The van der Waals surface area contributed by atoms with Crippen LogP contribution < -0.4 is 4.90 Å². The number of hydrogen-bond acceptors (Lipinski definition) is 6. The second kappa shape index (κ2) is 7.42. The lowest BCUT2D eigenvalue weighted by molar-refractivity contribution is -0.384. The number of hydrogen-bond donors (Lipinski definition) is 1. The molecule has 0 aliphatic carbocycles. The summed E-state index contributed by atoms with van der Waals surface area (Å²) in [5.41, 5.74) is 2.90. The number of aromatic nitrogens is 2. The summed E-state index contributed by atoms with van der Waals surface area (Å²) in [6, 6.07) is 12.7. The Kier molecular flexibility index (Phi) is 4.59. The van der Waals surface area contributed by atoms with Crippen molar-refractivity contribution in [2.75, 3.05) is 31.1 Å². The van der Waals surface area contributed by atoms with Gasteiger partial charge in [0.15, 0.2) is 5.13 Å². The fourth-order valence-electron chi connectivity index (χ4n) is 3.85. The third-order valence-corrected chi connectivity index (χ3v) is 6.57. The Hall–Kier alpha value is -3.46. The van der Waals surface area contributed by atoms with Crippen LogP contribution in [0.5, 0.6) is 0 Å². The van der Waals surface area contributed by atoms with E-state index >= 15 is 0 Å². The standard InChI is InChI=1S/C21H19N5O3S/c27-20(11-14-13-22-17-4-2-1-3-16(14)17)24-7-9-25(10-8-24)21-23-18-6-5-15(26(28)29)12-19(18)30-21/h1-6,12-13,22H,7-11H2. The fraction of sp³-hybridized carbons (Fsp3) is 0.238. The molecule has 1 aliphatic heterocycles. The number of nitro groups is 1. The van der Waals surface area contributed by atoms with E-state index in [4.69, 9.17) is 0 Å². The van der Waals surface area contributed by atoms with Gasteiger partial charge < -0.3 is 14.8 Å². The Labute approximate surface area is 175 Å². The first-order valence-corrected chi connectivity index (χ1v) is 10.5. The van der Waals surface area contributed by atoms with E-state index in [1.807, 2.05) is 35.4 Å². The Morgan fingerprint density at radius 1 is 1.17 bits per heavy atom. The maximum absolute atomic E-state index is 12.8. The number of anilines is 1. The van der Waals surface area contributed by atoms with Crippen molar-refractivity contribution in [1.29, 1.82) is 0 Å². The molecule has 0 bridgehead atoms. The number of aromatic amines is 1. The van der Waals surface area contributed by atoms with Gasteiger partial charge in [0.2, 0.25) is 5.91 Å². The van der Waals surface area contributed by atoms with E-state index in [-0.39, 0.29) is 11.6 Å². The Bertz CT molecular complexity index is 1260. The lowest BCUT2D eigenvalue weighted by Gasteiger charge is -2.34. The molecule has 0 spiro atoms. The normalized spacial score (nSPS) is 14.5. The highest BCUT2D eigenvalue weighted by molar-refractivity contribution is 7.22. The number of benzene rings is 2. The van der Waals surface area contributed by atoms with Gasteiger partial charge in [-0.1, -0.05) is 29.5 Å². The number of thiazole rings is 1. The van der Waals surface area contributed by atoms with E-state index in [1.165, 1.54) is 17.4 Å². The van der Waals surface area contributed by atoms with E-state index in [2.05, 4.69) is 14.9 Å². The first kappa shape index (κ1) is 18.6. The van der Waals surface area contributed by atoms with Crippen molar-refractivity contribution in [3.05, 3.63) is 64.3 Å². The third kappa shape index (κ3) is 3.37. The molecule has 5 rings (SSSR count). The largest absolute Gasteiger partial charge is 0.361 e. The number of non-ortho nitro benzene ring substituents is 1. The summed E-state index contributed by atoms with van der Waals surface area (Å²) in [5, 5.41) is 12.9. The lowest BCUT2D eigenvalue weighted by atomic mass is 10.1. The number of H-pyrrole nitrogens is 1. The zero-order valence-electron chi connectivity index (χ0n) is 16.1. The van der Waals surface area contributed by atoms with Gasteiger partial charge in [0.1, 0.15) is 0 Å². The molecule has 0 saturated carbocycles. The maximum Gasteiger partial charge on any atom is 0.270 e. The summed E-state index contributed by atoms with van der Waals surface area (Å²) < 4.78 is 0.803. The predicted molar refractivity (Wildman–Crippen MR) is 117 cm³/mol. The zero-order chi connectivity index (χ0) is 20.7. The number of amides is 1. The van der Waals surface area contributed by atoms with Crippen LogP contribution in [-0.2, 0) is 11.2 Å². The molecule has 0 radical (unpaired) electrons. The van der Waals surface area contributed by atoms with Crippen LogP contribution in [0.1, 0.15) is 5.56 Å². The van der Waals surface area contributed by atoms with Crippen molar-refractivity contribution in [3.8, 4) is 0 Å². The van der Waals surface area contributed by atoms with Crippen LogP contribution in [0.2, 0.25) is 0 Å². The molecule has 30 heavy (non-hydrogen) atoms. The Balaban J connectivity index is 1.25. The number of nitrogens with one attached hydrogen (secondary N) is 1. The van der Waals surface area contributed by atoms with E-state index < -0.39 is 4.92 Å². The summed E-state index contributed by atoms with van der Waals surface area (Å²) in [6.07, 6.45) is 2.30. The van der Waals surface area contributed by atoms with Crippen LogP contribution in [-0.4, -0.2) is 51.9 Å². The molecule has 1 saturated heterocycles. The predicted octanol–water partition coefficient (Wildman–Crippen LogP) is 3.58. The molecule has 1 aliphatic rings. The molecule has 8 nitrogen and oxygen atoms in total. The van der Waals surface area contributed by atoms with Crippen molar-refractivity contribution >= 4 is 49.2 Å². The van der Waals surface area contributed by atoms with Crippen molar-refractivity contribution in [2.45, 2.75) is 6.42 Å². The van der Waals surface area contributed by atoms with Crippen molar-refractivity contribution < 1.29 is 9.72 Å². The number of piperazine rings is 1. The molecule has 1 fully saturated rings. The summed E-state index contributed by atoms with van der Waals surface area (Å²) in [6.45, 7) is 2.66. The molecule has 9 heteroatoms. The number of nitrogens with zero attached hydrogens (tertiary/aromatic N) is 4. The number of rotatable bonds is 4. The molecule has 0 atom stereocenters. The van der Waals surface area contributed by atoms with Crippen LogP contribution in [0, 0.1) is 10.1 Å². The zero-order valence-corrected chi connectivity index (χ0v) is 16.9. The number of fused-ring (bicyclic) bond motifs is 2. The van der Waals surface area contributed by atoms with Gasteiger partial charge in [-0.3, -0.25) is 14.9 Å². The van der Waals surface area contributed by atoms with E-state index in [0.717, 1.165) is 31.8 Å². The van der Waals surface area contributed by atoms with Gasteiger partial charge in [-0.05, 0) is 17.7 Å². The van der Waals surface area contributed by atoms with Crippen LogP contribution in [0.4, 0.5) is 10.8 Å². The molecule has 2 aromatic carbocycles. The first-order chi connectivity index (χ1) is 14.6. The van der Waals surface area contributed by atoms with Crippen LogP contribution in [0.3, 0.4) is 0 Å². The minimum absolute atomic E-state index is 0.0744. The van der Waals surface area contributed by atoms with E-state index in [0.29, 0.717) is 32.6 Å². The quantitative estimate of drug-likeness (QED) is 0.401. The number of nitro benzene ring substituents is 1. The van der Waals surface area contributed by atoms with Gasteiger partial charge >= 0.3 is 0 Å². The highest BCUT2D eigenvalue weighted by atomic mass is 32.1. The third-order valence-electron chi connectivity index (χ3n) is 5.49. The van der Waals surface area contributed by atoms with Gasteiger partial charge in [-0.15, -0.1) is 0 Å². The molecule has 1 amide bonds. The molecule has 152 valence electrons. The highest BCUT2D eigenvalue weighted by Gasteiger charge is 2.24. The van der Waals surface area contributed by atoms with E-state index in [9.17, 15) is 14.9 Å². The van der Waals surface area contributed by atoms with Crippen molar-refractivity contribution in [3.63, 3.8) is 0 Å². The minimum atomic E-state index is -0.392. The average Bonchev–Trinajstić information content (AvgIpc) is 3.37. The molecular weight excluding hydrogens is 402 g/mol. The highest BCUT2D eigenvalue weighted by Crippen LogP contribution is 2.32. The second-order valence-corrected chi connectivity index (χ2v) is 8.32. The van der Waals surface area contributed by atoms with Crippen molar-refractivity contribution in [1.82, 2.24) is 14.9 Å². The molecule has 2 aromatic heterocycles. The average molecular weight is 421 g/mol. The fourth-order valence-corrected chi connectivity index (χ4v) is 4.90. The summed E-state index contributed by atoms with van der Waals surface area (Å²) in [7, 11) is 0. The number of para-hydroxylation sites is 1. The smallest absolute Gasteiger partial charge is 0.270 e. The molecular formula is C21H19N5O3S. The number of carbonyl (C=O) groups excluding carboxylic acids is 1. The van der Waals surface area contributed by atoms with E-state index in [1.54, 1.807) is 12.1 Å². The first-order valence-electron chi connectivity index (χ1n) is 9.71. The second-order valence-electron chi connectivity index (χ2n) is 7.31. The number of carbonyl (C=O) groups is 1. The Morgan fingerprint density at radius 2 is 1.97 bits per heavy atom. The minimum Gasteiger partial charge on any atom is -0.361 e. The van der Waals surface area contributed by atoms with Gasteiger partial charge in [0, 0.05) is 55.4 Å². The summed E-state index contributed by atoms with van der Waals surface area (Å²) in [5.74, 6) is 0.124. The van der Waals surface area contributed by atoms with Gasteiger partial charge in [0.05, 0.1) is 21.6 Å². The Morgan fingerprint density at radius 3 is 2.77 bits per heavy atom. The lowest BCUT2D eigenvalue weighted by Crippen LogP contribution is -2.49. The van der Waals surface area contributed by atoms with Crippen molar-refractivity contribution in [2.24, 2.45) is 0 Å².